The van der Waals surface area contributed by atoms with Gasteiger partial charge in [0.05, 0.1) is 11.6 Å². The van der Waals surface area contributed by atoms with Crippen molar-refractivity contribution < 1.29 is 29.4 Å². The van der Waals surface area contributed by atoms with Crippen LogP contribution in [0.3, 0.4) is 0 Å². The molecule has 4 saturated carbocycles. The van der Waals surface area contributed by atoms with Gasteiger partial charge in [0.25, 0.3) is 5.91 Å². The molecule has 39 heavy (non-hydrogen) atoms. The average Bonchev–Trinajstić information content (AvgIpc) is 3.19. The average molecular weight is 543 g/mol. The number of carbonyl (C=O) groups excluding carboxylic acids is 2. The molecule has 5 rings (SSSR count). The fourth-order valence-electron chi connectivity index (χ4n) is 9.33. The van der Waals surface area contributed by atoms with Crippen molar-refractivity contribution in [2.24, 2.45) is 45.6 Å². The van der Waals surface area contributed by atoms with E-state index in [1.807, 2.05) is 0 Å². The van der Waals surface area contributed by atoms with Crippen molar-refractivity contribution in [1.82, 2.24) is 5.32 Å². The van der Waals surface area contributed by atoms with Gasteiger partial charge in [-0.2, -0.15) is 0 Å². The standard InChI is InChI=1S/C31H46N2O6/c1-19(34)31(38)15-12-26-24-9-8-22-16-23(10-13-29(22,2)25(24)11-14-30(26,31)3)33-39-18-27(35)32-17-20-4-6-21(7-5-20)28(36)37/h16,20-21,24-26,38H,4-15,17-18H2,1-3H3,(H,32,35)(H,36,37)/b33-23-/t20?,21?,24-,25+,26-,29-,30-,31-/m0/s1. The van der Waals surface area contributed by atoms with Crippen LogP contribution in [0.15, 0.2) is 16.8 Å². The van der Waals surface area contributed by atoms with Crippen LogP contribution in [-0.4, -0.2) is 52.3 Å². The Morgan fingerprint density at radius 2 is 1.72 bits per heavy atom. The van der Waals surface area contributed by atoms with Crippen molar-refractivity contribution in [2.75, 3.05) is 13.2 Å². The molecule has 0 unspecified atom stereocenters. The third-order valence-electron chi connectivity index (χ3n) is 11.9. The number of rotatable bonds is 7. The summed E-state index contributed by atoms with van der Waals surface area (Å²) >= 11 is 0. The minimum absolute atomic E-state index is 0.0661. The molecule has 0 radical (unpaired) electrons. The van der Waals surface area contributed by atoms with Crippen molar-refractivity contribution in [3.63, 3.8) is 0 Å². The highest BCUT2D eigenvalue weighted by Crippen LogP contribution is 2.67. The summed E-state index contributed by atoms with van der Waals surface area (Å²) in [5.41, 5.74) is 0.952. The van der Waals surface area contributed by atoms with E-state index in [-0.39, 0.29) is 35.0 Å². The molecule has 0 aromatic carbocycles. The zero-order chi connectivity index (χ0) is 28.0. The van der Waals surface area contributed by atoms with E-state index in [1.54, 1.807) is 6.92 Å². The van der Waals surface area contributed by atoms with Gasteiger partial charge in [0, 0.05) is 12.0 Å². The van der Waals surface area contributed by atoms with Crippen LogP contribution in [-0.2, 0) is 19.2 Å². The Bertz CT molecular complexity index is 1060. The lowest BCUT2D eigenvalue weighted by molar-refractivity contribution is -0.159. The van der Waals surface area contributed by atoms with Crippen LogP contribution in [0.4, 0.5) is 0 Å². The number of carbonyl (C=O) groups is 3. The number of allylic oxidation sites excluding steroid dienone is 2. The van der Waals surface area contributed by atoms with Crippen molar-refractivity contribution in [2.45, 2.75) is 103 Å². The molecule has 4 fully saturated rings. The van der Waals surface area contributed by atoms with Crippen molar-refractivity contribution in [1.29, 1.82) is 0 Å². The molecular weight excluding hydrogens is 496 g/mol. The number of carboxylic acid groups (broad SMARTS) is 1. The van der Waals surface area contributed by atoms with E-state index < -0.39 is 11.6 Å². The summed E-state index contributed by atoms with van der Waals surface area (Å²) in [5, 5.41) is 27.7. The van der Waals surface area contributed by atoms with Crippen molar-refractivity contribution >= 4 is 23.4 Å². The number of aliphatic carboxylic acids is 1. The van der Waals surface area contributed by atoms with E-state index >= 15 is 0 Å². The molecule has 5 aliphatic rings. The SMILES string of the molecule is CC(=O)[C@@]1(O)CC[C@H]2[C@H]3CCC4=C/C(=N\OCC(=O)NCC5CCC(C(=O)O)CC5)CC[C@]4(C)[C@@H]3CC[C@@]21C. The fraction of sp³-hybridized carbons (Fsp3) is 0.806. The number of fused-ring (bicyclic) bond motifs is 5. The van der Waals surface area contributed by atoms with Gasteiger partial charge < -0.3 is 20.4 Å². The fourth-order valence-corrected chi connectivity index (χ4v) is 9.33. The lowest BCUT2D eigenvalue weighted by Crippen LogP contribution is -2.57. The van der Waals surface area contributed by atoms with E-state index in [1.165, 1.54) is 5.57 Å². The minimum Gasteiger partial charge on any atom is -0.481 e. The molecule has 8 heteroatoms. The van der Waals surface area contributed by atoms with E-state index in [9.17, 15) is 19.5 Å². The second kappa shape index (κ2) is 10.6. The lowest BCUT2D eigenvalue weighted by Gasteiger charge is -2.59. The zero-order valence-corrected chi connectivity index (χ0v) is 23.8. The third kappa shape index (κ3) is 4.95. The zero-order valence-electron chi connectivity index (χ0n) is 23.8. The summed E-state index contributed by atoms with van der Waals surface area (Å²) in [6.07, 6.45) is 12.6. The van der Waals surface area contributed by atoms with E-state index in [4.69, 9.17) is 9.94 Å². The molecular formula is C31H46N2O6. The molecule has 216 valence electrons. The second-order valence-corrected chi connectivity index (χ2v) is 13.6. The molecule has 1 amide bonds. The molecule has 6 atom stereocenters. The summed E-state index contributed by atoms with van der Waals surface area (Å²) in [6.45, 7) is 6.57. The molecule has 0 bridgehead atoms. The van der Waals surface area contributed by atoms with Crippen LogP contribution in [0.2, 0.25) is 0 Å². The normalized spacial score (nSPS) is 42.5. The summed E-state index contributed by atoms with van der Waals surface area (Å²) in [5.74, 6) is 0.599. The Morgan fingerprint density at radius 3 is 2.41 bits per heavy atom. The number of Topliss-reactive ketones (excluding diaryl/α,β-unsaturated/α-hetero) is 1. The van der Waals surface area contributed by atoms with E-state index in [0.29, 0.717) is 49.5 Å². The maximum absolute atomic E-state index is 12.5. The molecule has 8 nitrogen and oxygen atoms in total. The van der Waals surface area contributed by atoms with Gasteiger partial charge in [-0.25, -0.2) is 0 Å². The highest BCUT2D eigenvalue weighted by atomic mass is 16.6. The number of ketones is 1. The third-order valence-corrected chi connectivity index (χ3v) is 11.9. The summed E-state index contributed by atoms with van der Waals surface area (Å²) < 4.78 is 0. The monoisotopic (exact) mass is 542 g/mol. The summed E-state index contributed by atoms with van der Waals surface area (Å²) in [4.78, 5) is 41.3. The molecule has 0 saturated heterocycles. The van der Waals surface area contributed by atoms with Gasteiger partial charge in [-0.15, -0.1) is 0 Å². The molecule has 0 aromatic heterocycles. The Hall–Kier alpha value is -2.22. The molecule has 5 aliphatic carbocycles. The first-order chi connectivity index (χ1) is 18.5. The van der Waals surface area contributed by atoms with Gasteiger partial charge in [-0.3, -0.25) is 14.4 Å². The Kier molecular flexibility index (Phi) is 7.72. The molecule has 0 spiro atoms. The predicted molar refractivity (Wildman–Crippen MR) is 147 cm³/mol. The largest absolute Gasteiger partial charge is 0.481 e. The maximum atomic E-state index is 12.5. The Balaban J connectivity index is 1.14. The maximum Gasteiger partial charge on any atom is 0.306 e. The first-order valence-corrected chi connectivity index (χ1v) is 15.1. The lowest BCUT2D eigenvalue weighted by atomic mass is 9.46. The number of aliphatic hydroxyl groups is 1. The van der Waals surface area contributed by atoms with Crippen LogP contribution < -0.4 is 5.32 Å². The molecule has 0 aromatic rings. The Morgan fingerprint density at radius 1 is 1.00 bits per heavy atom. The van der Waals surface area contributed by atoms with E-state index in [2.05, 4.69) is 30.4 Å². The number of carboxylic acids is 1. The van der Waals surface area contributed by atoms with Crippen LogP contribution in [0, 0.1) is 40.4 Å². The van der Waals surface area contributed by atoms with Crippen LogP contribution in [0.5, 0.6) is 0 Å². The van der Waals surface area contributed by atoms with Gasteiger partial charge in [-0.1, -0.05) is 24.6 Å². The number of nitrogens with one attached hydrogen (secondary N) is 1. The first kappa shape index (κ1) is 28.3. The van der Waals surface area contributed by atoms with Crippen LogP contribution in [0.25, 0.3) is 0 Å². The minimum atomic E-state index is -1.17. The number of hydrogen-bond acceptors (Lipinski definition) is 6. The topological polar surface area (TPSA) is 125 Å². The predicted octanol–water partition coefficient (Wildman–Crippen LogP) is 4.65. The molecule has 0 aliphatic heterocycles. The first-order valence-electron chi connectivity index (χ1n) is 15.1. The smallest absolute Gasteiger partial charge is 0.306 e. The van der Waals surface area contributed by atoms with Gasteiger partial charge >= 0.3 is 5.97 Å². The van der Waals surface area contributed by atoms with Gasteiger partial charge in [-0.05, 0) is 119 Å². The highest BCUT2D eigenvalue weighted by molar-refractivity contribution is 5.96. The molecule has 3 N–H and O–H groups in total. The molecule has 0 heterocycles. The van der Waals surface area contributed by atoms with Crippen molar-refractivity contribution in [3.05, 3.63) is 11.6 Å². The van der Waals surface area contributed by atoms with Gasteiger partial charge in [0.2, 0.25) is 0 Å². The van der Waals surface area contributed by atoms with Crippen LogP contribution in [0.1, 0.15) is 97.8 Å². The number of hydrogen-bond donors (Lipinski definition) is 3. The number of amides is 1. The van der Waals surface area contributed by atoms with Crippen molar-refractivity contribution in [3.8, 4) is 0 Å². The van der Waals surface area contributed by atoms with Gasteiger partial charge in [0.1, 0.15) is 5.60 Å². The number of oxime groups is 1. The highest BCUT2D eigenvalue weighted by Gasteiger charge is 2.65. The van der Waals surface area contributed by atoms with E-state index in [0.717, 1.165) is 63.5 Å². The Labute approximate surface area is 232 Å². The quantitative estimate of drug-likeness (QED) is 0.402. The van der Waals surface area contributed by atoms with Gasteiger partial charge in [0.15, 0.2) is 12.4 Å². The second-order valence-electron chi connectivity index (χ2n) is 13.6. The van der Waals surface area contributed by atoms with Crippen LogP contribution >= 0.6 is 0 Å². The summed E-state index contributed by atoms with van der Waals surface area (Å²) in [6, 6.07) is 0. The summed E-state index contributed by atoms with van der Waals surface area (Å²) in [7, 11) is 0. The number of nitrogens with zero attached hydrogens (tertiary/aromatic N) is 1.